The number of carboxylic acid groups (broad SMARTS) is 1. The Morgan fingerprint density at radius 2 is 1.87 bits per heavy atom. The number of rotatable bonds is 8. The topological polar surface area (TPSA) is 93.1 Å². The van der Waals surface area contributed by atoms with E-state index in [0.717, 1.165) is 16.7 Å². The van der Waals surface area contributed by atoms with Gasteiger partial charge in [0.25, 0.3) is 11.1 Å². The molecule has 0 saturated carbocycles. The van der Waals surface area contributed by atoms with E-state index in [0.29, 0.717) is 25.3 Å². The van der Waals surface area contributed by atoms with Gasteiger partial charge in [-0.3, -0.25) is 14.5 Å². The molecule has 0 radical (unpaired) electrons. The first kappa shape index (κ1) is 23.6. The molecular formula is C20H14Br2ClNO6S. The minimum atomic E-state index is -1.14. The van der Waals surface area contributed by atoms with E-state index in [9.17, 15) is 14.4 Å². The monoisotopic (exact) mass is 589 g/mol. The molecule has 2 aromatic carbocycles. The van der Waals surface area contributed by atoms with E-state index >= 15 is 0 Å². The number of carbonyl (C=O) groups excluding carboxylic acids is 2. The molecule has 2 amide bonds. The van der Waals surface area contributed by atoms with Gasteiger partial charge in [-0.15, -0.1) is 0 Å². The van der Waals surface area contributed by atoms with Crippen LogP contribution in [0.4, 0.5) is 4.79 Å². The molecule has 0 aliphatic carbocycles. The van der Waals surface area contributed by atoms with Crippen molar-refractivity contribution in [3.05, 3.63) is 60.8 Å². The van der Waals surface area contributed by atoms with E-state index in [1.807, 2.05) is 0 Å². The van der Waals surface area contributed by atoms with Crippen molar-refractivity contribution in [2.45, 2.75) is 0 Å². The summed E-state index contributed by atoms with van der Waals surface area (Å²) >= 11 is 13.3. The first-order chi connectivity index (χ1) is 14.7. The third-order valence-electron chi connectivity index (χ3n) is 3.93. The van der Waals surface area contributed by atoms with Crippen molar-refractivity contribution < 1.29 is 29.0 Å². The molecule has 1 aliphatic rings. The van der Waals surface area contributed by atoms with Crippen molar-refractivity contribution in [3.63, 3.8) is 0 Å². The predicted molar refractivity (Wildman–Crippen MR) is 125 cm³/mol. The van der Waals surface area contributed by atoms with Crippen LogP contribution >= 0.6 is 55.2 Å². The quantitative estimate of drug-likeness (QED) is 0.409. The average Bonchev–Trinajstić information content (AvgIpc) is 2.96. The molecule has 0 spiro atoms. The van der Waals surface area contributed by atoms with Gasteiger partial charge in [0, 0.05) is 15.1 Å². The standard InChI is InChI=1S/C20H14Br2ClNO6S/c21-12-7-11(18(15(22)9-12)30-10-17(25)26)8-16-19(27)24(20(28)31-16)5-6-29-14-3-1-13(23)2-4-14/h1-4,7-9H,5-6,10H2,(H,25,26)/b16-8-. The SMILES string of the molecule is O=C(O)COc1c(Br)cc(Br)cc1/C=C1\SC(=O)N(CCOc2ccc(Cl)cc2)C1=O. The first-order valence-corrected chi connectivity index (χ1v) is 11.5. The normalized spacial score (nSPS) is 14.9. The second-order valence-electron chi connectivity index (χ2n) is 6.12. The number of nitrogens with zero attached hydrogens (tertiary/aromatic N) is 1. The van der Waals surface area contributed by atoms with Crippen LogP contribution in [0.5, 0.6) is 11.5 Å². The lowest BCUT2D eigenvalue weighted by Gasteiger charge is -2.13. The maximum absolute atomic E-state index is 12.7. The fourth-order valence-corrected chi connectivity index (χ4v) is 4.95. The molecule has 1 aliphatic heterocycles. The Morgan fingerprint density at radius 3 is 2.55 bits per heavy atom. The average molecular weight is 592 g/mol. The van der Waals surface area contributed by atoms with Gasteiger partial charge in [-0.25, -0.2) is 4.79 Å². The number of halogens is 3. The van der Waals surface area contributed by atoms with E-state index < -0.39 is 23.7 Å². The molecule has 3 rings (SSSR count). The van der Waals surface area contributed by atoms with Crippen molar-refractivity contribution in [2.24, 2.45) is 0 Å². The fraction of sp³-hybridized carbons (Fsp3) is 0.150. The Hall–Kier alpha value is -2.01. The molecule has 7 nitrogen and oxygen atoms in total. The number of hydrogen-bond donors (Lipinski definition) is 1. The zero-order valence-corrected chi connectivity index (χ0v) is 20.4. The highest BCUT2D eigenvalue weighted by atomic mass is 79.9. The summed E-state index contributed by atoms with van der Waals surface area (Å²) < 4.78 is 12.1. The van der Waals surface area contributed by atoms with E-state index in [2.05, 4.69) is 31.9 Å². The molecule has 2 aromatic rings. The molecule has 31 heavy (non-hydrogen) atoms. The minimum Gasteiger partial charge on any atom is -0.492 e. The highest BCUT2D eigenvalue weighted by Crippen LogP contribution is 2.38. The highest BCUT2D eigenvalue weighted by Gasteiger charge is 2.35. The summed E-state index contributed by atoms with van der Waals surface area (Å²) in [5, 5.41) is 9.05. The molecule has 1 heterocycles. The number of carboxylic acids is 1. The molecule has 0 unspecified atom stereocenters. The molecule has 11 heteroatoms. The number of carbonyl (C=O) groups is 3. The second kappa shape index (κ2) is 10.5. The second-order valence-corrected chi connectivity index (χ2v) is 9.32. The number of hydrogen-bond acceptors (Lipinski definition) is 6. The lowest BCUT2D eigenvalue weighted by Crippen LogP contribution is -2.32. The minimum absolute atomic E-state index is 0.0786. The Balaban J connectivity index is 1.73. The van der Waals surface area contributed by atoms with Crippen LogP contribution in [-0.2, 0) is 9.59 Å². The summed E-state index contributed by atoms with van der Waals surface area (Å²) in [6.45, 7) is -0.345. The van der Waals surface area contributed by atoms with Gasteiger partial charge in [0.05, 0.1) is 15.9 Å². The Labute approximate surface area is 203 Å². The van der Waals surface area contributed by atoms with Crippen molar-refractivity contribution in [3.8, 4) is 11.5 Å². The van der Waals surface area contributed by atoms with E-state index in [1.165, 1.54) is 6.08 Å². The molecule has 0 bridgehead atoms. The Bertz CT molecular complexity index is 1060. The summed E-state index contributed by atoms with van der Waals surface area (Å²) in [5.74, 6) is -0.772. The highest BCUT2D eigenvalue weighted by molar-refractivity contribution is 9.11. The van der Waals surface area contributed by atoms with Crippen LogP contribution < -0.4 is 9.47 Å². The summed E-state index contributed by atoms with van der Waals surface area (Å²) in [7, 11) is 0. The molecule has 0 aromatic heterocycles. The van der Waals surface area contributed by atoms with Crippen molar-refractivity contribution in [1.29, 1.82) is 0 Å². The first-order valence-electron chi connectivity index (χ1n) is 8.72. The maximum atomic E-state index is 12.7. The third kappa shape index (κ3) is 6.25. The van der Waals surface area contributed by atoms with Crippen molar-refractivity contribution in [1.82, 2.24) is 4.90 Å². The van der Waals surface area contributed by atoms with E-state index in [1.54, 1.807) is 36.4 Å². The van der Waals surface area contributed by atoms with Gasteiger partial charge in [-0.1, -0.05) is 27.5 Å². The zero-order valence-electron chi connectivity index (χ0n) is 15.6. The molecule has 1 fully saturated rings. The maximum Gasteiger partial charge on any atom is 0.341 e. The number of aliphatic carboxylic acids is 1. The summed E-state index contributed by atoms with van der Waals surface area (Å²) in [6.07, 6.45) is 1.50. The number of thioether (sulfide) groups is 1. The van der Waals surface area contributed by atoms with Crippen LogP contribution in [-0.4, -0.2) is 46.9 Å². The molecule has 1 N–H and O–H groups in total. The van der Waals surface area contributed by atoms with Crippen LogP contribution in [0.25, 0.3) is 6.08 Å². The fourth-order valence-electron chi connectivity index (χ4n) is 2.59. The van der Waals surface area contributed by atoms with Gasteiger partial charge >= 0.3 is 5.97 Å². The van der Waals surface area contributed by atoms with Crippen LogP contribution in [0, 0.1) is 0 Å². The summed E-state index contributed by atoms with van der Waals surface area (Å²) in [5.41, 5.74) is 0.449. The lowest BCUT2D eigenvalue weighted by molar-refractivity contribution is -0.139. The number of ether oxygens (including phenoxy) is 2. The smallest absolute Gasteiger partial charge is 0.341 e. The van der Waals surface area contributed by atoms with Crippen LogP contribution in [0.15, 0.2) is 50.2 Å². The molecule has 162 valence electrons. The van der Waals surface area contributed by atoms with Crippen molar-refractivity contribution >= 4 is 78.4 Å². The van der Waals surface area contributed by atoms with Gasteiger partial charge < -0.3 is 14.6 Å². The van der Waals surface area contributed by atoms with E-state index in [4.69, 9.17) is 26.2 Å². The number of imide groups is 1. The molecule has 0 atom stereocenters. The lowest BCUT2D eigenvalue weighted by atomic mass is 10.2. The van der Waals surface area contributed by atoms with E-state index in [-0.39, 0.29) is 23.8 Å². The number of amides is 2. The van der Waals surface area contributed by atoms with Gasteiger partial charge in [-0.2, -0.15) is 0 Å². The summed E-state index contributed by atoms with van der Waals surface area (Å²) in [6, 6.07) is 10.1. The van der Waals surface area contributed by atoms with Gasteiger partial charge in [0.15, 0.2) is 6.61 Å². The zero-order chi connectivity index (χ0) is 22.5. The number of benzene rings is 2. The van der Waals surface area contributed by atoms with Crippen LogP contribution in [0.2, 0.25) is 5.02 Å². The molecular weight excluding hydrogens is 578 g/mol. The van der Waals surface area contributed by atoms with Gasteiger partial charge in [-0.05, 0) is 70.2 Å². The van der Waals surface area contributed by atoms with Gasteiger partial charge in [0.2, 0.25) is 0 Å². The Morgan fingerprint density at radius 1 is 1.16 bits per heavy atom. The molecule has 1 saturated heterocycles. The predicted octanol–water partition coefficient (Wildman–Crippen LogP) is 5.44. The Kier molecular flexibility index (Phi) is 8.04. The third-order valence-corrected chi connectivity index (χ3v) is 6.14. The van der Waals surface area contributed by atoms with Crippen LogP contribution in [0.3, 0.4) is 0 Å². The van der Waals surface area contributed by atoms with Crippen LogP contribution in [0.1, 0.15) is 5.56 Å². The van der Waals surface area contributed by atoms with Crippen molar-refractivity contribution in [2.75, 3.05) is 19.8 Å². The largest absolute Gasteiger partial charge is 0.492 e. The van der Waals surface area contributed by atoms with Gasteiger partial charge in [0.1, 0.15) is 18.1 Å². The summed E-state index contributed by atoms with van der Waals surface area (Å²) in [4.78, 5) is 37.2.